The topological polar surface area (TPSA) is 55.1 Å². The van der Waals surface area contributed by atoms with Crippen LogP contribution in [0, 0.1) is 5.92 Å². The van der Waals surface area contributed by atoms with Gasteiger partial charge in [0.25, 0.3) is 0 Å². The second-order valence-corrected chi connectivity index (χ2v) is 6.73. The van der Waals surface area contributed by atoms with Gasteiger partial charge < -0.3 is 11.1 Å². The van der Waals surface area contributed by atoms with Crippen molar-refractivity contribution in [2.24, 2.45) is 11.7 Å². The molecule has 0 radical (unpaired) electrons. The van der Waals surface area contributed by atoms with Crippen molar-refractivity contribution in [3.05, 3.63) is 0 Å². The lowest BCUT2D eigenvalue weighted by Crippen LogP contribution is -2.38. The van der Waals surface area contributed by atoms with E-state index in [0.717, 1.165) is 25.8 Å². The molecule has 1 saturated carbocycles. The fraction of sp³-hybridized carbons (Fsp3) is 0.933. The predicted molar refractivity (Wildman–Crippen MR) is 84.4 cm³/mol. The zero-order valence-electron chi connectivity index (χ0n) is 12.5. The first-order valence-corrected chi connectivity index (χ1v) is 9.02. The molecule has 112 valence electrons. The Balaban J connectivity index is 2.26. The SMILES string of the molecule is CCCC(CCN)CCC(=O)NC1CCCC1SC. The van der Waals surface area contributed by atoms with Gasteiger partial charge in [0.2, 0.25) is 5.91 Å². The van der Waals surface area contributed by atoms with E-state index in [2.05, 4.69) is 18.5 Å². The summed E-state index contributed by atoms with van der Waals surface area (Å²) in [5, 5.41) is 3.85. The fourth-order valence-corrected chi connectivity index (χ4v) is 4.00. The van der Waals surface area contributed by atoms with Gasteiger partial charge in [-0.05, 0) is 44.4 Å². The van der Waals surface area contributed by atoms with Crippen LogP contribution in [0.5, 0.6) is 0 Å². The summed E-state index contributed by atoms with van der Waals surface area (Å²) >= 11 is 1.89. The Labute approximate surface area is 122 Å². The second kappa shape index (κ2) is 9.65. The van der Waals surface area contributed by atoms with Gasteiger partial charge in [-0.3, -0.25) is 4.79 Å². The van der Waals surface area contributed by atoms with E-state index in [4.69, 9.17) is 5.73 Å². The van der Waals surface area contributed by atoms with Crippen LogP contribution < -0.4 is 11.1 Å². The second-order valence-electron chi connectivity index (χ2n) is 5.65. The number of thioether (sulfide) groups is 1. The first-order chi connectivity index (χ1) is 9.21. The van der Waals surface area contributed by atoms with E-state index in [1.807, 2.05) is 11.8 Å². The lowest BCUT2D eigenvalue weighted by atomic mass is 9.94. The Morgan fingerprint density at radius 1 is 1.37 bits per heavy atom. The molecule has 0 aromatic heterocycles. The van der Waals surface area contributed by atoms with E-state index >= 15 is 0 Å². The summed E-state index contributed by atoms with van der Waals surface area (Å²) in [5.74, 6) is 0.866. The van der Waals surface area contributed by atoms with Gasteiger partial charge in [0.1, 0.15) is 0 Å². The number of carbonyl (C=O) groups is 1. The maximum Gasteiger partial charge on any atom is 0.220 e. The third kappa shape index (κ3) is 6.17. The molecule has 1 aliphatic rings. The van der Waals surface area contributed by atoms with Gasteiger partial charge >= 0.3 is 0 Å². The first kappa shape index (κ1) is 16.8. The molecule has 1 rings (SSSR count). The van der Waals surface area contributed by atoms with E-state index < -0.39 is 0 Å². The lowest BCUT2D eigenvalue weighted by Gasteiger charge is -2.20. The molecule has 19 heavy (non-hydrogen) atoms. The highest BCUT2D eigenvalue weighted by Gasteiger charge is 2.27. The van der Waals surface area contributed by atoms with E-state index in [9.17, 15) is 4.79 Å². The van der Waals surface area contributed by atoms with Crippen LogP contribution in [0.2, 0.25) is 0 Å². The summed E-state index contributed by atoms with van der Waals surface area (Å²) in [6.07, 6.45) is 10.9. The number of nitrogens with one attached hydrogen (secondary N) is 1. The normalized spacial score (nSPS) is 24.4. The van der Waals surface area contributed by atoms with Crippen molar-refractivity contribution in [1.29, 1.82) is 0 Å². The maximum absolute atomic E-state index is 12.0. The van der Waals surface area contributed by atoms with Crippen LogP contribution in [-0.2, 0) is 4.79 Å². The third-order valence-corrected chi connectivity index (χ3v) is 5.32. The molecule has 0 bridgehead atoms. The molecule has 0 heterocycles. The smallest absolute Gasteiger partial charge is 0.220 e. The summed E-state index contributed by atoms with van der Waals surface area (Å²) in [6.45, 7) is 2.94. The number of nitrogens with two attached hydrogens (primary N) is 1. The van der Waals surface area contributed by atoms with Gasteiger partial charge in [-0.1, -0.05) is 26.2 Å². The number of rotatable bonds is 9. The van der Waals surface area contributed by atoms with Crippen LogP contribution in [-0.4, -0.2) is 30.0 Å². The first-order valence-electron chi connectivity index (χ1n) is 7.73. The number of carbonyl (C=O) groups excluding carboxylic acids is 1. The zero-order chi connectivity index (χ0) is 14.1. The quantitative estimate of drug-likeness (QED) is 0.685. The van der Waals surface area contributed by atoms with Crippen LogP contribution in [0.4, 0.5) is 0 Å². The molecule has 4 heteroatoms. The molecule has 0 spiro atoms. The van der Waals surface area contributed by atoms with Crippen LogP contribution in [0.25, 0.3) is 0 Å². The van der Waals surface area contributed by atoms with Gasteiger partial charge in [0.05, 0.1) is 0 Å². The van der Waals surface area contributed by atoms with E-state index in [1.54, 1.807) is 0 Å². The van der Waals surface area contributed by atoms with E-state index in [-0.39, 0.29) is 5.91 Å². The van der Waals surface area contributed by atoms with Crippen molar-refractivity contribution in [2.45, 2.75) is 69.6 Å². The van der Waals surface area contributed by atoms with Crippen molar-refractivity contribution >= 4 is 17.7 Å². The van der Waals surface area contributed by atoms with Crippen molar-refractivity contribution in [2.75, 3.05) is 12.8 Å². The van der Waals surface area contributed by atoms with Gasteiger partial charge in [0, 0.05) is 17.7 Å². The van der Waals surface area contributed by atoms with Crippen LogP contribution >= 0.6 is 11.8 Å². The monoisotopic (exact) mass is 286 g/mol. The summed E-state index contributed by atoms with van der Waals surface area (Å²) < 4.78 is 0. The molecule has 0 aliphatic heterocycles. The maximum atomic E-state index is 12.0. The highest BCUT2D eigenvalue weighted by molar-refractivity contribution is 7.99. The van der Waals surface area contributed by atoms with Gasteiger partial charge in [-0.2, -0.15) is 11.8 Å². The molecule has 1 fully saturated rings. The minimum Gasteiger partial charge on any atom is -0.352 e. The van der Waals surface area contributed by atoms with Gasteiger partial charge in [-0.25, -0.2) is 0 Å². The van der Waals surface area contributed by atoms with Crippen LogP contribution in [0.15, 0.2) is 0 Å². The van der Waals surface area contributed by atoms with Crippen molar-refractivity contribution in [1.82, 2.24) is 5.32 Å². The van der Waals surface area contributed by atoms with Gasteiger partial charge in [0.15, 0.2) is 0 Å². The van der Waals surface area contributed by atoms with Crippen LogP contribution in [0.1, 0.15) is 58.3 Å². The molecule has 3 N–H and O–H groups in total. The third-order valence-electron chi connectivity index (χ3n) is 4.15. The van der Waals surface area contributed by atoms with Gasteiger partial charge in [-0.15, -0.1) is 0 Å². The highest BCUT2D eigenvalue weighted by atomic mass is 32.2. The average Bonchev–Trinajstić information content (AvgIpc) is 2.83. The summed E-state index contributed by atoms with van der Waals surface area (Å²) in [7, 11) is 0. The Hall–Kier alpha value is -0.220. The molecule has 3 atom stereocenters. The largest absolute Gasteiger partial charge is 0.352 e. The molecule has 0 aromatic carbocycles. The molecule has 1 aliphatic carbocycles. The van der Waals surface area contributed by atoms with E-state index in [1.165, 1.54) is 25.7 Å². The van der Waals surface area contributed by atoms with E-state index in [0.29, 0.717) is 23.6 Å². The minimum absolute atomic E-state index is 0.240. The van der Waals surface area contributed by atoms with Crippen molar-refractivity contribution in [3.63, 3.8) is 0 Å². The van der Waals surface area contributed by atoms with Crippen molar-refractivity contribution in [3.8, 4) is 0 Å². The Morgan fingerprint density at radius 3 is 2.79 bits per heavy atom. The predicted octanol–water partition coefficient (Wildman–Crippen LogP) is 2.93. The zero-order valence-corrected chi connectivity index (χ0v) is 13.3. The molecule has 3 nitrogen and oxygen atoms in total. The van der Waals surface area contributed by atoms with Crippen molar-refractivity contribution < 1.29 is 4.79 Å². The summed E-state index contributed by atoms with van der Waals surface area (Å²) in [6, 6.07) is 0.404. The van der Waals surface area contributed by atoms with Crippen LogP contribution in [0.3, 0.4) is 0 Å². The number of hydrogen-bond donors (Lipinski definition) is 2. The number of hydrogen-bond acceptors (Lipinski definition) is 3. The fourth-order valence-electron chi connectivity index (χ4n) is 3.06. The lowest BCUT2D eigenvalue weighted by molar-refractivity contribution is -0.122. The molecule has 3 unspecified atom stereocenters. The molecular formula is C15H30N2OS. The Bertz CT molecular complexity index is 255. The average molecular weight is 286 g/mol. The molecular weight excluding hydrogens is 256 g/mol. The Kier molecular flexibility index (Phi) is 8.55. The summed E-state index contributed by atoms with van der Waals surface area (Å²) in [5.41, 5.74) is 5.63. The number of amides is 1. The minimum atomic E-state index is 0.240. The molecule has 0 aromatic rings. The molecule has 0 saturated heterocycles. The highest BCUT2D eigenvalue weighted by Crippen LogP contribution is 2.28. The molecule has 1 amide bonds. The summed E-state index contributed by atoms with van der Waals surface area (Å²) in [4.78, 5) is 12.0. The Morgan fingerprint density at radius 2 is 2.16 bits per heavy atom. The standard InChI is InChI=1S/C15H30N2OS/c1-3-5-12(10-11-16)8-9-15(18)17-13-6-4-7-14(13)19-2/h12-14H,3-11,16H2,1-2H3,(H,17,18).